The summed E-state index contributed by atoms with van der Waals surface area (Å²) in [4.78, 5) is 4.22. The van der Waals surface area contributed by atoms with Crippen molar-refractivity contribution in [2.45, 2.75) is 31.7 Å². The lowest BCUT2D eigenvalue weighted by Crippen LogP contribution is -2.39. The van der Waals surface area contributed by atoms with Crippen LogP contribution >= 0.6 is 0 Å². The van der Waals surface area contributed by atoms with Crippen LogP contribution in [0.2, 0.25) is 0 Å². The van der Waals surface area contributed by atoms with Crippen molar-refractivity contribution in [3.8, 4) is 29.2 Å². The van der Waals surface area contributed by atoms with Crippen LogP contribution in [0, 0.1) is 17.1 Å². The molecule has 0 atom stereocenters. The van der Waals surface area contributed by atoms with E-state index in [1.165, 1.54) is 12.1 Å². The summed E-state index contributed by atoms with van der Waals surface area (Å²) in [7, 11) is 0. The minimum Gasteiger partial charge on any atom is -0.491 e. The summed E-state index contributed by atoms with van der Waals surface area (Å²) in [5.74, 6) is 0.182. The Labute approximate surface area is 166 Å². The Balaban J connectivity index is 0.00000240. The van der Waals surface area contributed by atoms with E-state index in [4.69, 9.17) is 19.3 Å². The van der Waals surface area contributed by atoms with Gasteiger partial charge in [-0.3, -0.25) is 0 Å². The minimum atomic E-state index is -0.526. The minimum absolute atomic E-state index is 0. The molecular weight excluding hydrogens is 379 g/mol. The Morgan fingerprint density at radius 3 is 2.72 bits per heavy atom. The normalized spacial score (nSPS) is 17.7. The molecule has 0 saturated heterocycles. The second kappa shape index (κ2) is 8.68. The van der Waals surface area contributed by atoms with Crippen LogP contribution in [0.4, 0.5) is 4.39 Å². The number of pyridine rings is 1. The number of aromatic nitrogens is 2. The van der Waals surface area contributed by atoms with Gasteiger partial charge in [-0.2, -0.15) is 5.26 Å². The van der Waals surface area contributed by atoms with E-state index in [-0.39, 0.29) is 36.4 Å². The Morgan fingerprint density at radius 2 is 2.07 bits per heavy atom. The molecule has 4 N–H and O–H groups in total. The van der Waals surface area contributed by atoms with Gasteiger partial charge in [-0.05, 0) is 17.3 Å². The molecule has 29 heavy (non-hydrogen) atoms. The summed E-state index contributed by atoms with van der Waals surface area (Å²) >= 11 is 0. The van der Waals surface area contributed by atoms with Crippen molar-refractivity contribution < 1.29 is 23.5 Å². The Bertz CT molecular complexity index is 1010. The van der Waals surface area contributed by atoms with Gasteiger partial charge >= 0.3 is 0 Å². The third-order valence-corrected chi connectivity index (χ3v) is 4.53. The van der Waals surface area contributed by atoms with Crippen molar-refractivity contribution in [3.63, 3.8) is 0 Å². The number of nitrogens with zero attached hydrogens (tertiary/aromatic N) is 3. The van der Waals surface area contributed by atoms with E-state index in [1.807, 2.05) is 6.07 Å². The molecule has 2 heterocycles. The summed E-state index contributed by atoms with van der Waals surface area (Å²) in [5.41, 5.74) is 1.07. The molecule has 1 aromatic carbocycles. The van der Waals surface area contributed by atoms with Gasteiger partial charge in [-0.25, -0.2) is 9.37 Å². The maximum atomic E-state index is 14.0. The second-order valence-corrected chi connectivity index (χ2v) is 6.47. The van der Waals surface area contributed by atoms with E-state index in [2.05, 4.69) is 10.1 Å². The van der Waals surface area contributed by atoms with Crippen LogP contribution in [-0.4, -0.2) is 27.5 Å². The number of hydrogen-bond acceptors (Lipinski definition) is 8. The molecule has 1 saturated carbocycles. The van der Waals surface area contributed by atoms with Gasteiger partial charge in [0, 0.05) is 42.3 Å². The molecule has 3 aromatic rings. The smallest absolute Gasteiger partial charge is 0.252 e. The zero-order chi connectivity index (χ0) is 19.5. The molecule has 0 bridgehead atoms. The number of hydrogen-bond donors (Lipinski definition) is 2. The van der Waals surface area contributed by atoms with E-state index < -0.39 is 5.82 Å². The number of benzene rings is 1. The molecule has 0 unspecified atom stereocenters. The molecule has 4 rings (SSSR count). The zero-order valence-electron chi connectivity index (χ0n) is 15.4. The van der Waals surface area contributed by atoms with Crippen LogP contribution in [0.1, 0.15) is 24.0 Å². The van der Waals surface area contributed by atoms with Crippen LogP contribution in [0.15, 0.2) is 47.1 Å². The van der Waals surface area contributed by atoms with E-state index >= 15 is 0 Å². The number of halogens is 1. The van der Waals surface area contributed by atoms with Crippen molar-refractivity contribution >= 4 is 0 Å². The third-order valence-electron chi connectivity index (χ3n) is 4.53. The van der Waals surface area contributed by atoms with E-state index in [9.17, 15) is 9.50 Å². The highest BCUT2D eigenvalue weighted by molar-refractivity contribution is 5.57. The van der Waals surface area contributed by atoms with Gasteiger partial charge in [0.25, 0.3) is 5.88 Å². The average molecular weight is 398 g/mol. The first-order valence-electron chi connectivity index (χ1n) is 8.70. The number of nitriles is 1. The van der Waals surface area contributed by atoms with Crippen molar-refractivity contribution in [1.29, 1.82) is 5.26 Å². The van der Waals surface area contributed by atoms with Gasteiger partial charge in [-0.15, -0.1) is 0 Å². The van der Waals surface area contributed by atoms with Gasteiger partial charge in [0.1, 0.15) is 18.0 Å². The number of rotatable bonds is 6. The second-order valence-electron chi connectivity index (χ2n) is 6.47. The van der Waals surface area contributed by atoms with Crippen LogP contribution < -0.4 is 10.9 Å². The first-order valence-corrected chi connectivity index (χ1v) is 8.70. The molecular formula is C20H19FN4O4. The molecule has 0 aliphatic heterocycles. The first-order chi connectivity index (χ1) is 13.6. The summed E-state index contributed by atoms with van der Waals surface area (Å²) in [6.07, 6.45) is 2.89. The summed E-state index contributed by atoms with van der Waals surface area (Å²) in [6.45, 7) is 0.121. The van der Waals surface area contributed by atoms with E-state index in [0.717, 1.165) is 0 Å². The Morgan fingerprint density at radius 1 is 1.24 bits per heavy atom. The van der Waals surface area contributed by atoms with Gasteiger partial charge in [0.2, 0.25) is 5.88 Å². The highest BCUT2D eigenvalue weighted by atomic mass is 19.1. The highest BCUT2D eigenvalue weighted by Gasteiger charge is 2.32. The molecule has 0 amide bonds. The first kappa shape index (κ1) is 20.3. The SMILES string of the molecule is N.N#Cc1cccc(CO[C@H]2C[C@@H](Oc3ccc(-c4cc(O)no4)cn3)C2)c1F. The molecule has 1 fully saturated rings. The fraction of sp³-hybridized carbons (Fsp3) is 0.250. The largest absolute Gasteiger partial charge is 0.491 e. The van der Waals surface area contributed by atoms with Gasteiger partial charge < -0.3 is 25.3 Å². The highest BCUT2D eigenvalue weighted by Crippen LogP contribution is 2.30. The fourth-order valence-corrected chi connectivity index (χ4v) is 2.90. The van der Waals surface area contributed by atoms with Crippen LogP contribution in [0.5, 0.6) is 11.8 Å². The van der Waals surface area contributed by atoms with Crippen LogP contribution in [-0.2, 0) is 11.3 Å². The number of ether oxygens (including phenoxy) is 2. The quantitative estimate of drug-likeness (QED) is 0.641. The zero-order valence-corrected chi connectivity index (χ0v) is 15.4. The van der Waals surface area contributed by atoms with Crippen LogP contribution in [0.3, 0.4) is 0 Å². The molecule has 8 nitrogen and oxygen atoms in total. The predicted octanol–water partition coefficient (Wildman–Crippen LogP) is 3.74. The molecule has 2 aromatic heterocycles. The molecule has 0 radical (unpaired) electrons. The van der Waals surface area contributed by atoms with Gasteiger partial charge in [0.15, 0.2) is 5.76 Å². The van der Waals surface area contributed by atoms with Gasteiger partial charge in [0.05, 0.1) is 18.3 Å². The Hall–Kier alpha value is -3.48. The average Bonchev–Trinajstić information content (AvgIpc) is 3.11. The number of aromatic hydroxyl groups is 1. The van der Waals surface area contributed by atoms with Crippen molar-refractivity contribution in [1.82, 2.24) is 16.3 Å². The van der Waals surface area contributed by atoms with E-state index in [1.54, 1.807) is 30.5 Å². The predicted molar refractivity (Wildman–Crippen MR) is 99.8 cm³/mol. The molecule has 9 heteroatoms. The summed E-state index contributed by atoms with van der Waals surface area (Å²) in [5, 5.41) is 21.5. The van der Waals surface area contributed by atoms with Crippen LogP contribution in [0.25, 0.3) is 11.3 Å². The van der Waals surface area contributed by atoms with Crippen molar-refractivity contribution in [2.24, 2.45) is 0 Å². The lowest BCUT2D eigenvalue weighted by atomic mass is 9.92. The Kier molecular flexibility index (Phi) is 6.07. The van der Waals surface area contributed by atoms with Crippen molar-refractivity contribution in [3.05, 3.63) is 59.5 Å². The summed E-state index contributed by atoms with van der Waals surface area (Å²) < 4.78 is 30.5. The molecule has 1 aliphatic carbocycles. The maximum Gasteiger partial charge on any atom is 0.252 e. The molecule has 0 spiro atoms. The fourth-order valence-electron chi connectivity index (χ4n) is 2.90. The third kappa shape index (κ3) is 4.51. The lowest BCUT2D eigenvalue weighted by Gasteiger charge is -2.34. The lowest BCUT2D eigenvalue weighted by molar-refractivity contribution is -0.0700. The topological polar surface area (TPSA) is 136 Å². The van der Waals surface area contributed by atoms with Gasteiger partial charge in [-0.1, -0.05) is 12.1 Å². The van der Waals surface area contributed by atoms with Crippen molar-refractivity contribution in [2.75, 3.05) is 0 Å². The summed E-state index contributed by atoms with van der Waals surface area (Å²) in [6, 6.07) is 11.4. The monoisotopic (exact) mass is 398 g/mol. The van der Waals surface area contributed by atoms with E-state index in [0.29, 0.717) is 35.6 Å². The maximum absolute atomic E-state index is 14.0. The molecule has 1 aliphatic rings. The standard InChI is InChI=1S/C20H16FN3O4.H3N/c21-20-12(9-22)2-1-3-14(20)11-26-15-6-16(7-15)27-19-5-4-13(10-23-19)17-8-18(25)24-28-17;/h1-5,8,10,15-16H,6-7,11H2,(H,24,25);1H3/t15-,16+;. The molecule has 150 valence electrons.